The van der Waals surface area contributed by atoms with Crippen molar-refractivity contribution in [3.8, 4) is 0 Å². The standard InChI is InChI=1S/C10H8Cl2O4/c11-8(12)4-7-5(9(13)14)2-1-3-6(7)10(15)16/h1-3,8H,4H2,(H,13,14)(H,15,16). The third kappa shape index (κ3) is 2.87. The molecular formula is C10H8Cl2O4. The zero-order valence-electron chi connectivity index (χ0n) is 7.98. The molecule has 1 rings (SSSR count). The average molecular weight is 263 g/mol. The summed E-state index contributed by atoms with van der Waals surface area (Å²) in [5.74, 6) is -2.40. The minimum Gasteiger partial charge on any atom is -0.478 e. The van der Waals surface area contributed by atoms with Crippen molar-refractivity contribution in [3.05, 3.63) is 34.9 Å². The minimum atomic E-state index is -1.20. The van der Waals surface area contributed by atoms with Crippen LogP contribution in [0.5, 0.6) is 0 Å². The van der Waals surface area contributed by atoms with Crippen molar-refractivity contribution >= 4 is 35.1 Å². The van der Waals surface area contributed by atoms with Crippen molar-refractivity contribution in [3.63, 3.8) is 0 Å². The van der Waals surface area contributed by atoms with Crippen LogP contribution in [0.2, 0.25) is 0 Å². The number of alkyl halides is 2. The fourth-order valence-corrected chi connectivity index (χ4v) is 1.67. The molecule has 0 aliphatic rings. The Hall–Kier alpha value is -1.26. The van der Waals surface area contributed by atoms with Crippen LogP contribution in [0.25, 0.3) is 0 Å². The molecule has 4 nitrogen and oxygen atoms in total. The van der Waals surface area contributed by atoms with Crippen LogP contribution in [-0.4, -0.2) is 27.0 Å². The van der Waals surface area contributed by atoms with Crippen molar-refractivity contribution in [2.45, 2.75) is 11.3 Å². The third-order valence-corrected chi connectivity index (χ3v) is 2.30. The zero-order valence-corrected chi connectivity index (χ0v) is 9.50. The second-order valence-electron chi connectivity index (χ2n) is 3.04. The lowest BCUT2D eigenvalue weighted by molar-refractivity contribution is 0.0695. The molecule has 0 aliphatic carbocycles. The molecule has 1 aromatic rings. The van der Waals surface area contributed by atoms with E-state index in [9.17, 15) is 9.59 Å². The fourth-order valence-electron chi connectivity index (χ4n) is 1.36. The monoisotopic (exact) mass is 262 g/mol. The number of benzene rings is 1. The van der Waals surface area contributed by atoms with Gasteiger partial charge in [-0.15, -0.1) is 23.2 Å². The van der Waals surface area contributed by atoms with Gasteiger partial charge in [0, 0.05) is 6.42 Å². The number of carboxylic acid groups (broad SMARTS) is 2. The molecule has 6 heteroatoms. The minimum absolute atomic E-state index is 0.0206. The summed E-state index contributed by atoms with van der Waals surface area (Å²) in [4.78, 5) is 20.9. The summed E-state index contributed by atoms with van der Waals surface area (Å²) in [6.45, 7) is 0. The van der Waals surface area contributed by atoms with E-state index in [2.05, 4.69) is 0 Å². The smallest absolute Gasteiger partial charge is 0.335 e. The first-order chi connectivity index (χ1) is 7.43. The Balaban J connectivity index is 3.34. The van der Waals surface area contributed by atoms with E-state index in [0.717, 1.165) is 0 Å². The van der Waals surface area contributed by atoms with Gasteiger partial charge in [0.15, 0.2) is 0 Å². The Bertz CT molecular complexity index is 397. The summed E-state index contributed by atoms with van der Waals surface area (Å²) in [5, 5.41) is 17.8. The maximum Gasteiger partial charge on any atom is 0.335 e. The van der Waals surface area contributed by atoms with E-state index < -0.39 is 16.8 Å². The summed E-state index contributed by atoms with van der Waals surface area (Å²) < 4.78 is 0. The highest BCUT2D eigenvalue weighted by Gasteiger charge is 2.19. The highest BCUT2D eigenvalue weighted by molar-refractivity contribution is 6.44. The summed E-state index contributed by atoms with van der Waals surface area (Å²) in [7, 11) is 0. The molecule has 0 radical (unpaired) electrons. The van der Waals surface area contributed by atoms with Gasteiger partial charge < -0.3 is 10.2 Å². The predicted molar refractivity (Wildman–Crippen MR) is 59.6 cm³/mol. The highest BCUT2D eigenvalue weighted by Crippen LogP contribution is 2.20. The van der Waals surface area contributed by atoms with Crippen LogP contribution >= 0.6 is 23.2 Å². The predicted octanol–water partition coefficient (Wildman–Crippen LogP) is 2.43. The van der Waals surface area contributed by atoms with Gasteiger partial charge in [-0.2, -0.15) is 0 Å². The molecule has 0 saturated carbocycles. The quantitative estimate of drug-likeness (QED) is 0.818. The highest BCUT2D eigenvalue weighted by atomic mass is 35.5. The number of rotatable bonds is 4. The topological polar surface area (TPSA) is 74.6 Å². The van der Waals surface area contributed by atoms with Crippen molar-refractivity contribution < 1.29 is 19.8 Å². The van der Waals surface area contributed by atoms with Crippen LogP contribution in [0.15, 0.2) is 18.2 Å². The first-order valence-electron chi connectivity index (χ1n) is 4.30. The molecule has 0 spiro atoms. The molecule has 86 valence electrons. The van der Waals surface area contributed by atoms with Gasteiger partial charge in [-0.05, 0) is 17.7 Å². The second kappa shape index (κ2) is 5.18. The number of hydrogen-bond acceptors (Lipinski definition) is 2. The molecule has 0 amide bonds. The van der Waals surface area contributed by atoms with Gasteiger partial charge in [0.1, 0.15) is 4.84 Å². The molecule has 0 saturated heterocycles. The van der Waals surface area contributed by atoms with Crippen LogP contribution in [0.3, 0.4) is 0 Å². The normalized spacial score (nSPS) is 10.4. The summed E-state index contributed by atoms with van der Waals surface area (Å²) >= 11 is 11.1. The number of carboxylic acids is 2. The van der Waals surface area contributed by atoms with Crippen LogP contribution in [0, 0.1) is 0 Å². The summed E-state index contributed by atoms with van der Waals surface area (Å²) in [6, 6.07) is 4.01. The lowest BCUT2D eigenvalue weighted by atomic mass is 9.99. The molecule has 0 aromatic heterocycles. The average Bonchev–Trinajstić information content (AvgIpc) is 2.16. The van der Waals surface area contributed by atoms with Gasteiger partial charge in [-0.1, -0.05) is 6.07 Å². The first-order valence-corrected chi connectivity index (χ1v) is 5.17. The Morgan fingerprint density at radius 3 is 1.88 bits per heavy atom. The maximum absolute atomic E-state index is 10.9. The van der Waals surface area contributed by atoms with E-state index in [1.807, 2.05) is 0 Å². The van der Waals surface area contributed by atoms with E-state index in [0.29, 0.717) is 0 Å². The zero-order chi connectivity index (χ0) is 12.3. The number of hydrogen-bond donors (Lipinski definition) is 2. The number of aromatic carboxylic acids is 2. The van der Waals surface area contributed by atoms with Crippen molar-refractivity contribution in [1.29, 1.82) is 0 Å². The van der Waals surface area contributed by atoms with E-state index in [4.69, 9.17) is 33.4 Å². The molecule has 0 aliphatic heterocycles. The van der Waals surface area contributed by atoms with Crippen molar-refractivity contribution in [1.82, 2.24) is 0 Å². The molecule has 0 bridgehead atoms. The van der Waals surface area contributed by atoms with Crippen LogP contribution in [0.4, 0.5) is 0 Å². The molecule has 0 heterocycles. The van der Waals surface area contributed by atoms with Gasteiger partial charge >= 0.3 is 11.9 Å². The van der Waals surface area contributed by atoms with Crippen molar-refractivity contribution in [2.75, 3.05) is 0 Å². The van der Waals surface area contributed by atoms with Gasteiger partial charge in [0.25, 0.3) is 0 Å². The van der Waals surface area contributed by atoms with Crippen LogP contribution < -0.4 is 0 Å². The fraction of sp³-hybridized carbons (Fsp3) is 0.200. The van der Waals surface area contributed by atoms with E-state index in [-0.39, 0.29) is 23.1 Å². The molecule has 0 unspecified atom stereocenters. The van der Waals surface area contributed by atoms with E-state index in [1.54, 1.807) is 0 Å². The molecule has 0 atom stereocenters. The summed E-state index contributed by atoms with van der Waals surface area (Å²) in [5.41, 5.74) is -0.0464. The van der Waals surface area contributed by atoms with Crippen LogP contribution in [-0.2, 0) is 6.42 Å². The molecule has 16 heavy (non-hydrogen) atoms. The molecule has 0 fully saturated rings. The second-order valence-corrected chi connectivity index (χ2v) is 4.31. The lowest BCUT2D eigenvalue weighted by Gasteiger charge is -2.09. The first kappa shape index (κ1) is 12.8. The molecule has 2 N–H and O–H groups in total. The van der Waals surface area contributed by atoms with Gasteiger partial charge in [0.05, 0.1) is 11.1 Å². The molecule has 1 aromatic carbocycles. The SMILES string of the molecule is O=C(O)c1cccc(C(=O)O)c1CC(Cl)Cl. The molecular weight excluding hydrogens is 255 g/mol. The Morgan fingerprint density at radius 2 is 1.56 bits per heavy atom. The number of halogens is 2. The van der Waals surface area contributed by atoms with Gasteiger partial charge in [-0.25, -0.2) is 9.59 Å². The van der Waals surface area contributed by atoms with Gasteiger partial charge in [-0.3, -0.25) is 0 Å². The summed E-state index contributed by atoms with van der Waals surface area (Å²) in [6.07, 6.45) is -0.0206. The van der Waals surface area contributed by atoms with Crippen LogP contribution in [0.1, 0.15) is 26.3 Å². The van der Waals surface area contributed by atoms with Crippen molar-refractivity contribution in [2.24, 2.45) is 0 Å². The Kier molecular flexibility index (Phi) is 4.15. The van der Waals surface area contributed by atoms with E-state index in [1.165, 1.54) is 18.2 Å². The maximum atomic E-state index is 10.9. The Morgan fingerprint density at radius 1 is 1.12 bits per heavy atom. The number of carbonyl (C=O) groups is 2. The largest absolute Gasteiger partial charge is 0.478 e. The van der Waals surface area contributed by atoms with Gasteiger partial charge in [0.2, 0.25) is 0 Å². The van der Waals surface area contributed by atoms with E-state index >= 15 is 0 Å². The lowest BCUT2D eigenvalue weighted by Crippen LogP contribution is -2.12. The Labute approximate surface area is 101 Å². The third-order valence-electron chi connectivity index (χ3n) is 2.00.